The highest BCUT2D eigenvalue weighted by molar-refractivity contribution is 6.11. The maximum absolute atomic E-state index is 7.82. The Labute approximate surface area is 158 Å². The van der Waals surface area contributed by atoms with Crippen LogP contribution in [0.5, 0.6) is 0 Å². The van der Waals surface area contributed by atoms with Crippen LogP contribution in [0.1, 0.15) is 41.6 Å². The molecule has 2 aromatic rings. The number of nitrogens with zero attached hydrogens (tertiary/aromatic N) is 2. The van der Waals surface area contributed by atoms with Gasteiger partial charge in [0.2, 0.25) is 0 Å². The van der Waals surface area contributed by atoms with E-state index in [9.17, 15) is 0 Å². The summed E-state index contributed by atoms with van der Waals surface area (Å²) in [5, 5.41) is 8.84. The second kappa shape index (κ2) is 7.48. The number of fused-ring (bicyclic) bond motifs is 3. The zero-order chi connectivity index (χ0) is 18.8. The molecule has 1 aromatic heterocycles. The molecule has 1 unspecified atom stereocenters. The van der Waals surface area contributed by atoms with Crippen LogP contribution in [0.3, 0.4) is 0 Å². The number of aryl methyl sites for hydroxylation is 1. The minimum atomic E-state index is 0.195. The number of ether oxygens (including phenoxy) is 1. The maximum atomic E-state index is 7.82. The minimum Gasteiger partial charge on any atom is -0.404 e. The standard InChI is InChI=1S/C21H25N5O/c22-9-13(11-25-14-7-8-27-12-14)21-16-4-2-1-3-15(16)20-17(10-23)18(24)5-6-19(20)26-21/h5-6,9-11,14,23H,1-4,7-8,12,22,24H2/b13-9+,23-10?,25-11?. The van der Waals surface area contributed by atoms with E-state index in [1.54, 1.807) is 6.20 Å². The predicted octanol–water partition coefficient (Wildman–Crippen LogP) is 2.85. The molecule has 1 atom stereocenters. The van der Waals surface area contributed by atoms with Gasteiger partial charge in [0.1, 0.15) is 0 Å². The van der Waals surface area contributed by atoms with E-state index in [0.29, 0.717) is 12.3 Å². The van der Waals surface area contributed by atoms with Crippen molar-refractivity contribution in [3.05, 3.63) is 40.7 Å². The van der Waals surface area contributed by atoms with Gasteiger partial charge < -0.3 is 21.6 Å². The van der Waals surface area contributed by atoms with Crippen molar-refractivity contribution in [2.45, 2.75) is 38.1 Å². The third kappa shape index (κ3) is 3.21. The third-order valence-electron chi connectivity index (χ3n) is 5.47. The van der Waals surface area contributed by atoms with Gasteiger partial charge in [-0.1, -0.05) is 0 Å². The molecule has 1 aliphatic heterocycles. The number of pyridine rings is 1. The summed E-state index contributed by atoms with van der Waals surface area (Å²) in [5.41, 5.74) is 18.6. The molecule has 0 bridgehead atoms. The number of nitrogens with one attached hydrogen (secondary N) is 1. The number of allylic oxidation sites excluding steroid dienone is 1. The average molecular weight is 363 g/mol. The molecule has 1 aromatic carbocycles. The first-order valence-electron chi connectivity index (χ1n) is 9.50. The Morgan fingerprint density at radius 3 is 2.78 bits per heavy atom. The van der Waals surface area contributed by atoms with Crippen molar-refractivity contribution in [3.63, 3.8) is 0 Å². The smallest absolute Gasteiger partial charge is 0.0774 e. The first-order chi connectivity index (χ1) is 13.2. The predicted molar refractivity (Wildman–Crippen MR) is 111 cm³/mol. The van der Waals surface area contributed by atoms with Crippen LogP contribution in [0.25, 0.3) is 16.5 Å². The van der Waals surface area contributed by atoms with Gasteiger partial charge in [-0.25, -0.2) is 4.98 Å². The fraction of sp³-hybridized carbons (Fsp3) is 0.381. The van der Waals surface area contributed by atoms with Crippen LogP contribution in [0, 0.1) is 5.41 Å². The van der Waals surface area contributed by atoms with E-state index in [1.807, 2.05) is 18.3 Å². The van der Waals surface area contributed by atoms with Crippen molar-refractivity contribution < 1.29 is 4.74 Å². The number of anilines is 1. The monoisotopic (exact) mass is 363 g/mol. The van der Waals surface area contributed by atoms with Crippen molar-refractivity contribution >= 4 is 34.6 Å². The Morgan fingerprint density at radius 2 is 2.07 bits per heavy atom. The highest BCUT2D eigenvalue weighted by atomic mass is 16.5. The quantitative estimate of drug-likeness (QED) is 0.573. The lowest BCUT2D eigenvalue weighted by Gasteiger charge is -2.23. The molecule has 1 aliphatic carbocycles. The number of nitrogens with two attached hydrogens (primary N) is 2. The highest BCUT2D eigenvalue weighted by Gasteiger charge is 2.22. The van der Waals surface area contributed by atoms with Crippen LogP contribution < -0.4 is 11.5 Å². The second-order valence-corrected chi connectivity index (χ2v) is 7.15. The first kappa shape index (κ1) is 17.7. The molecule has 27 heavy (non-hydrogen) atoms. The number of nitrogen functional groups attached to an aromatic ring is 1. The van der Waals surface area contributed by atoms with Gasteiger partial charge >= 0.3 is 0 Å². The van der Waals surface area contributed by atoms with Gasteiger partial charge in [-0.05, 0) is 55.4 Å². The maximum Gasteiger partial charge on any atom is 0.0774 e. The van der Waals surface area contributed by atoms with E-state index in [4.69, 9.17) is 26.6 Å². The van der Waals surface area contributed by atoms with Crippen LogP contribution in [-0.2, 0) is 17.6 Å². The molecule has 0 spiro atoms. The number of aliphatic imine (C=N–C) groups is 1. The summed E-state index contributed by atoms with van der Waals surface area (Å²) in [5.74, 6) is 0. The minimum absolute atomic E-state index is 0.195. The van der Waals surface area contributed by atoms with Crippen molar-refractivity contribution in [2.24, 2.45) is 10.7 Å². The Kier molecular flexibility index (Phi) is 4.90. The van der Waals surface area contributed by atoms with Gasteiger partial charge in [0.25, 0.3) is 0 Å². The van der Waals surface area contributed by atoms with Crippen LogP contribution in [-0.4, -0.2) is 36.7 Å². The molecule has 0 amide bonds. The SMILES string of the molecule is N=Cc1c(N)ccc2nc(/C(C=NC3CCOC3)=C/N)c3c(c12)CCCC3. The molecule has 1 fully saturated rings. The summed E-state index contributed by atoms with van der Waals surface area (Å²) in [6, 6.07) is 3.96. The topological polar surface area (TPSA) is 110 Å². The molecular weight excluding hydrogens is 338 g/mol. The molecule has 6 nitrogen and oxygen atoms in total. The lowest BCUT2D eigenvalue weighted by Crippen LogP contribution is -2.12. The Hall–Kier alpha value is -2.73. The summed E-state index contributed by atoms with van der Waals surface area (Å²) in [6.07, 6.45) is 9.91. The Balaban J connectivity index is 1.88. The molecule has 5 N–H and O–H groups in total. The van der Waals surface area contributed by atoms with E-state index in [2.05, 4.69) is 4.99 Å². The number of hydrogen-bond acceptors (Lipinski definition) is 6. The van der Waals surface area contributed by atoms with Gasteiger partial charge in [0.05, 0.1) is 23.9 Å². The van der Waals surface area contributed by atoms with E-state index in [1.165, 1.54) is 17.3 Å². The fourth-order valence-electron chi connectivity index (χ4n) is 4.07. The van der Waals surface area contributed by atoms with Crippen LogP contribution in [0.15, 0.2) is 23.3 Å². The highest BCUT2D eigenvalue weighted by Crippen LogP contribution is 2.35. The fourth-order valence-corrected chi connectivity index (χ4v) is 4.07. The third-order valence-corrected chi connectivity index (χ3v) is 5.47. The summed E-state index contributed by atoms with van der Waals surface area (Å²) >= 11 is 0. The van der Waals surface area contributed by atoms with Gasteiger partial charge in [-0.2, -0.15) is 0 Å². The summed E-state index contributed by atoms with van der Waals surface area (Å²) < 4.78 is 5.40. The molecule has 2 aliphatic rings. The zero-order valence-corrected chi connectivity index (χ0v) is 15.4. The molecule has 0 radical (unpaired) electrons. The average Bonchev–Trinajstić information content (AvgIpc) is 3.22. The van der Waals surface area contributed by atoms with Crippen molar-refractivity contribution in [1.82, 2.24) is 4.98 Å². The summed E-state index contributed by atoms with van der Waals surface area (Å²) in [4.78, 5) is 9.58. The molecule has 140 valence electrons. The lowest BCUT2D eigenvalue weighted by atomic mass is 9.85. The van der Waals surface area contributed by atoms with E-state index in [0.717, 1.165) is 66.4 Å². The van der Waals surface area contributed by atoms with Crippen LogP contribution in [0.2, 0.25) is 0 Å². The van der Waals surface area contributed by atoms with Gasteiger partial charge in [-0.15, -0.1) is 0 Å². The van der Waals surface area contributed by atoms with E-state index >= 15 is 0 Å². The van der Waals surface area contributed by atoms with Crippen molar-refractivity contribution in [3.8, 4) is 0 Å². The number of hydrogen-bond donors (Lipinski definition) is 3. The lowest BCUT2D eigenvalue weighted by molar-refractivity contribution is 0.194. The van der Waals surface area contributed by atoms with E-state index in [-0.39, 0.29) is 6.04 Å². The summed E-state index contributed by atoms with van der Waals surface area (Å²) in [6.45, 7) is 1.43. The van der Waals surface area contributed by atoms with Crippen molar-refractivity contribution in [2.75, 3.05) is 18.9 Å². The summed E-state index contributed by atoms with van der Waals surface area (Å²) in [7, 11) is 0. The van der Waals surface area contributed by atoms with Crippen molar-refractivity contribution in [1.29, 1.82) is 5.41 Å². The second-order valence-electron chi connectivity index (χ2n) is 7.15. The van der Waals surface area contributed by atoms with Gasteiger partial charge in [-0.3, -0.25) is 4.99 Å². The van der Waals surface area contributed by atoms with E-state index < -0.39 is 0 Å². The molecular formula is C21H25N5O. The van der Waals surface area contributed by atoms with Crippen LogP contribution >= 0.6 is 0 Å². The molecule has 4 rings (SSSR count). The van der Waals surface area contributed by atoms with Crippen LogP contribution in [0.4, 0.5) is 5.69 Å². The number of aromatic nitrogens is 1. The molecule has 6 heteroatoms. The Bertz CT molecular complexity index is 941. The number of rotatable bonds is 4. The normalized spacial score (nSPS) is 20.3. The largest absolute Gasteiger partial charge is 0.404 e. The zero-order valence-electron chi connectivity index (χ0n) is 15.4. The first-order valence-corrected chi connectivity index (χ1v) is 9.50. The molecule has 2 heterocycles. The Morgan fingerprint density at radius 1 is 1.26 bits per heavy atom. The van der Waals surface area contributed by atoms with Gasteiger partial charge in [0, 0.05) is 47.4 Å². The number of benzene rings is 1. The van der Waals surface area contributed by atoms with Gasteiger partial charge in [0.15, 0.2) is 0 Å². The molecule has 1 saturated heterocycles. The molecule has 0 saturated carbocycles.